The number of halogens is 4. The van der Waals surface area contributed by atoms with Crippen molar-refractivity contribution in [2.24, 2.45) is 11.8 Å². The van der Waals surface area contributed by atoms with Gasteiger partial charge >= 0.3 is 6.18 Å². The molecule has 1 nitrogen and oxygen atoms in total. The molecule has 0 atom stereocenters. The molecule has 0 bridgehead atoms. The Hall–Kier alpha value is -3.26. The first kappa shape index (κ1) is 26.8. The number of fused-ring (bicyclic) bond motifs is 1. The number of benzene rings is 3. The van der Waals surface area contributed by atoms with Gasteiger partial charge in [0.15, 0.2) is 6.61 Å². The van der Waals surface area contributed by atoms with E-state index in [0.717, 1.165) is 30.1 Å². The SMILES string of the molecule is C=CCCC1CCC(CCc2ccc3c(F)c(C#Cc4ccc(OCC(F)(F)F)cc4)ccc3c2)CC1. The first-order chi connectivity index (χ1) is 17.8. The first-order valence-corrected chi connectivity index (χ1v) is 12.9. The van der Waals surface area contributed by atoms with Gasteiger partial charge in [-0.05, 0) is 78.8 Å². The van der Waals surface area contributed by atoms with E-state index in [-0.39, 0.29) is 17.1 Å². The lowest BCUT2D eigenvalue weighted by Crippen LogP contribution is -2.19. The molecule has 1 aliphatic carbocycles. The van der Waals surface area contributed by atoms with Crippen molar-refractivity contribution in [3.8, 4) is 17.6 Å². The van der Waals surface area contributed by atoms with Crippen LogP contribution in [0.15, 0.2) is 67.3 Å². The molecule has 3 aromatic rings. The van der Waals surface area contributed by atoms with E-state index in [9.17, 15) is 13.2 Å². The molecule has 194 valence electrons. The average molecular weight is 509 g/mol. The largest absolute Gasteiger partial charge is 0.484 e. The molecule has 0 saturated heterocycles. The monoisotopic (exact) mass is 508 g/mol. The van der Waals surface area contributed by atoms with Crippen LogP contribution < -0.4 is 4.74 Å². The lowest BCUT2D eigenvalue weighted by Gasteiger charge is -2.28. The molecule has 3 aromatic carbocycles. The highest BCUT2D eigenvalue weighted by atomic mass is 19.4. The highest BCUT2D eigenvalue weighted by Crippen LogP contribution is 2.34. The predicted octanol–water partition coefficient (Wildman–Crippen LogP) is 9.02. The minimum Gasteiger partial charge on any atom is -0.484 e. The van der Waals surface area contributed by atoms with Crippen LogP contribution in [0.25, 0.3) is 10.8 Å². The Labute approximate surface area is 216 Å². The molecular formula is C32H32F4O. The Balaban J connectivity index is 1.35. The molecule has 0 unspecified atom stereocenters. The minimum absolute atomic E-state index is 0.103. The molecule has 0 aliphatic heterocycles. The fraction of sp³-hybridized carbons (Fsp3) is 0.375. The van der Waals surface area contributed by atoms with E-state index in [4.69, 9.17) is 4.74 Å². The molecule has 0 heterocycles. The van der Waals surface area contributed by atoms with Crippen LogP contribution >= 0.6 is 0 Å². The van der Waals surface area contributed by atoms with Crippen molar-refractivity contribution in [2.75, 3.05) is 6.61 Å². The van der Waals surface area contributed by atoms with Gasteiger partial charge in [-0.25, -0.2) is 4.39 Å². The third-order valence-corrected chi connectivity index (χ3v) is 7.20. The van der Waals surface area contributed by atoms with E-state index < -0.39 is 12.8 Å². The molecule has 1 aliphatic rings. The van der Waals surface area contributed by atoms with Crippen LogP contribution in [0.3, 0.4) is 0 Å². The Morgan fingerprint density at radius 2 is 1.59 bits per heavy atom. The van der Waals surface area contributed by atoms with E-state index in [1.165, 1.54) is 56.2 Å². The highest BCUT2D eigenvalue weighted by Gasteiger charge is 2.28. The van der Waals surface area contributed by atoms with E-state index in [1.807, 2.05) is 24.3 Å². The number of ether oxygens (including phenoxy) is 1. The maximum absolute atomic E-state index is 15.1. The zero-order chi connectivity index (χ0) is 26.3. The average Bonchev–Trinajstić information content (AvgIpc) is 2.90. The zero-order valence-corrected chi connectivity index (χ0v) is 20.9. The molecule has 1 fully saturated rings. The Kier molecular flexibility index (Phi) is 8.92. The van der Waals surface area contributed by atoms with Crippen LogP contribution in [0.4, 0.5) is 17.6 Å². The van der Waals surface area contributed by atoms with E-state index in [2.05, 4.69) is 24.5 Å². The maximum Gasteiger partial charge on any atom is 0.422 e. The van der Waals surface area contributed by atoms with Crippen LogP contribution in [0.2, 0.25) is 0 Å². The summed E-state index contributed by atoms with van der Waals surface area (Å²) < 4.78 is 56.7. The standard InChI is InChI=1S/C32H32F4O/c1-2-3-4-23-5-7-24(8-6-23)9-10-26-14-20-30-28(21-26)17-16-27(31(30)33)15-11-25-12-18-29(19-13-25)37-22-32(34,35)36/h2,12-14,16-21,23-24H,1,3-10,22H2. The van der Waals surface area contributed by atoms with Crippen molar-refractivity contribution >= 4 is 10.8 Å². The molecule has 4 rings (SSSR count). The van der Waals surface area contributed by atoms with Gasteiger partial charge in [0.1, 0.15) is 11.6 Å². The predicted molar refractivity (Wildman–Crippen MR) is 141 cm³/mol. The topological polar surface area (TPSA) is 9.23 Å². The van der Waals surface area contributed by atoms with Crippen molar-refractivity contribution in [3.05, 3.63) is 89.8 Å². The van der Waals surface area contributed by atoms with Crippen LogP contribution in [0.1, 0.15) is 61.6 Å². The summed E-state index contributed by atoms with van der Waals surface area (Å²) in [5, 5.41) is 1.40. The lowest BCUT2D eigenvalue weighted by atomic mass is 9.78. The maximum atomic E-state index is 15.1. The summed E-state index contributed by atoms with van der Waals surface area (Å²) in [5.41, 5.74) is 2.07. The molecule has 1 saturated carbocycles. The van der Waals surface area contributed by atoms with Gasteiger partial charge in [0.05, 0.1) is 5.56 Å². The molecule has 5 heteroatoms. The zero-order valence-electron chi connectivity index (χ0n) is 20.9. The summed E-state index contributed by atoms with van der Waals surface area (Å²) >= 11 is 0. The van der Waals surface area contributed by atoms with Crippen molar-refractivity contribution in [1.29, 1.82) is 0 Å². The van der Waals surface area contributed by atoms with Gasteiger partial charge in [-0.15, -0.1) is 6.58 Å². The summed E-state index contributed by atoms with van der Waals surface area (Å²) in [6.07, 6.45) is 7.44. The van der Waals surface area contributed by atoms with Gasteiger partial charge < -0.3 is 4.74 Å². The minimum atomic E-state index is -4.39. The summed E-state index contributed by atoms with van der Waals surface area (Å²) in [4.78, 5) is 0. The quantitative estimate of drug-likeness (QED) is 0.168. The van der Waals surface area contributed by atoms with Gasteiger partial charge in [0, 0.05) is 10.9 Å². The lowest BCUT2D eigenvalue weighted by molar-refractivity contribution is -0.153. The fourth-order valence-electron chi connectivity index (χ4n) is 5.07. The molecule has 0 spiro atoms. The van der Waals surface area contributed by atoms with Crippen LogP contribution in [-0.4, -0.2) is 12.8 Å². The fourth-order valence-corrected chi connectivity index (χ4v) is 5.07. The van der Waals surface area contributed by atoms with Gasteiger partial charge in [0.25, 0.3) is 0 Å². The van der Waals surface area contributed by atoms with E-state index >= 15 is 4.39 Å². The Morgan fingerprint density at radius 3 is 2.27 bits per heavy atom. The second-order valence-electron chi connectivity index (χ2n) is 9.95. The van der Waals surface area contributed by atoms with Crippen LogP contribution in [0.5, 0.6) is 5.75 Å². The molecule has 37 heavy (non-hydrogen) atoms. The second-order valence-corrected chi connectivity index (χ2v) is 9.95. The molecule has 0 aromatic heterocycles. The normalized spacial score (nSPS) is 17.7. The van der Waals surface area contributed by atoms with Crippen LogP contribution in [-0.2, 0) is 6.42 Å². The van der Waals surface area contributed by atoms with Crippen molar-refractivity contribution in [2.45, 2.75) is 57.5 Å². The van der Waals surface area contributed by atoms with E-state index in [1.54, 1.807) is 18.2 Å². The van der Waals surface area contributed by atoms with Gasteiger partial charge in [-0.3, -0.25) is 0 Å². The summed E-state index contributed by atoms with van der Waals surface area (Å²) in [7, 11) is 0. The van der Waals surface area contributed by atoms with Crippen molar-refractivity contribution in [1.82, 2.24) is 0 Å². The smallest absolute Gasteiger partial charge is 0.422 e. The molecule has 0 amide bonds. The molecule has 0 radical (unpaired) electrons. The molecule has 0 N–H and O–H groups in total. The number of rotatable bonds is 8. The van der Waals surface area contributed by atoms with Crippen LogP contribution in [0, 0.1) is 29.5 Å². The number of hydrogen-bond acceptors (Lipinski definition) is 1. The molecular weight excluding hydrogens is 476 g/mol. The van der Waals surface area contributed by atoms with Crippen molar-refractivity contribution in [3.63, 3.8) is 0 Å². The number of alkyl halides is 3. The number of allylic oxidation sites excluding steroid dienone is 1. The van der Waals surface area contributed by atoms with Gasteiger partial charge in [0.2, 0.25) is 0 Å². The number of aryl methyl sites for hydroxylation is 1. The van der Waals surface area contributed by atoms with Crippen molar-refractivity contribution < 1.29 is 22.3 Å². The first-order valence-electron chi connectivity index (χ1n) is 12.9. The highest BCUT2D eigenvalue weighted by molar-refractivity contribution is 5.85. The number of hydrogen-bond donors (Lipinski definition) is 0. The Bertz CT molecular complexity index is 1260. The van der Waals surface area contributed by atoms with Gasteiger partial charge in [-0.1, -0.05) is 67.9 Å². The summed E-state index contributed by atoms with van der Waals surface area (Å²) in [6, 6.07) is 15.4. The summed E-state index contributed by atoms with van der Waals surface area (Å²) in [6.45, 7) is 2.48. The van der Waals surface area contributed by atoms with E-state index in [0.29, 0.717) is 10.9 Å². The third-order valence-electron chi connectivity index (χ3n) is 7.20. The van der Waals surface area contributed by atoms with Gasteiger partial charge in [-0.2, -0.15) is 13.2 Å². The Morgan fingerprint density at radius 1 is 0.892 bits per heavy atom. The third kappa shape index (κ3) is 7.86. The second kappa shape index (κ2) is 12.3. The summed E-state index contributed by atoms with van der Waals surface area (Å²) in [5.74, 6) is 7.09.